The van der Waals surface area contributed by atoms with Gasteiger partial charge in [0.15, 0.2) is 0 Å². The van der Waals surface area contributed by atoms with Crippen LogP contribution in [0.5, 0.6) is 0 Å². The van der Waals surface area contributed by atoms with Gasteiger partial charge in [0.05, 0.1) is 12.2 Å². The molecule has 2 aliphatic heterocycles. The molecule has 1 saturated heterocycles. The van der Waals surface area contributed by atoms with E-state index in [9.17, 15) is 4.79 Å². The maximum atomic E-state index is 12.6. The Hall–Kier alpha value is -0.340. The van der Waals surface area contributed by atoms with Crippen LogP contribution >= 0.6 is 30.3 Å². The van der Waals surface area contributed by atoms with Crippen molar-refractivity contribution in [1.82, 2.24) is 14.2 Å². The van der Waals surface area contributed by atoms with Gasteiger partial charge in [-0.15, -0.1) is 0 Å². The lowest BCUT2D eigenvalue weighted by Gasteiger charge is -2.24. The molecule has 3 heterocycles. The Morgan fingerprint density at radius 3 is 2.73 bits per heavy atom. The smallest absolute Gasteiger partial charge is 0.265 e. The van der Waals surface area contributed by atoms with Crippen molar-refractivity contribution in [3.8, 4) is 0 Å². The number of nitrogens with zero attached hydrogens (tertiary/aromatic N) is 3. The number of rotatable bonds is 4. The van der Waals surface area contributed by atoms with Gasteiger partial charge >= 0.3 is 0 Å². The average molecular weight is 429 g/mol. The fourth-order valence-corrected chi connectivity index (χ4v) is 4.89. The zero-order valence-electron chi connectivity index (χ0n) is 12.7. The van der Waals surface area contributed by atoms with E-state index in [0.717, 1.165) is 30.9 Å². The van der Waals surface area contributed by atoms with E-state index >= 15 is 0 Å². The van der Waals surface area contributed by atoms with Crippen LogP contribution in [0.1, 0.15) is 71.9 Å². The predicted molar refractivity (Wildman–Crippen MR) is 96.9 cm³/mol. The normalized spacial score (nSPS) is 23.2. The van der Waals surface area contributed by atoms with Gasteiger partial charge in [-0.05, 0) is 51.8 Å². The molecular weight excluding hydrogens is 409 g/mol. The minimum absolute atomic E-state index is 0.161. The third kappa shape index (κ3) is 2.57. The molecule has 2 fully saturated rings. The molecular formula is C16H20IN3OS. The van der Waals surface area contributed by atoms with Crippen molar-refractivity contribution in [2.45, 2.75) is 51.1 Å². The van der Waals surface area contributed by atoms with Gasteiger partial charge in [0, 0.05) is 59.1 Å². The van der Waals surface area contributed by atoms with E-state index < -0.39 is 0 Å². The fourth-order valence-electron chi connectivity index (χ4n) is 3.60. The number of hydrogen-bond donors (Lipinski definition) is 0. The quantitative estimate of drug-likeness (QED) is 0.534. The molecule has 6 heteroatoms. The molecule has 22 heavy (non-hydrogen) atoms. The number of pyridine rings is 1. The number of amides is 1. The van der Waals surface area contributed by atoms with E-state index in [-0.39, 0.29) is 5.91 Å². The van der Waals surface area contributed by atoms with Crippen LogP contribution in [0.3, 0.4) is 0 Å². The van der Waals surface area contributed by atoms with E-state index in [0.29, 0.717) is 12.0 Å². The van der Waals surface area contributed by atoms with E-state index in [1.807, 2.05) is 4.31 Å². The van der Waals surface area contributed by atoms with Gasteiger partial charge in [-0.1, -0.05) is 0 Å². The second-order valence-electron chi connectivity index (χ2n) is 6.56. The molecule has 1 aromatic heterocycles. The van der Waals surface area contributed by atoms with Gasteiger partial charge in [-0.2, -0.15) is 0 Å². The summed E-state index contributed by atoms with van der Waals surface area (Å²) in [6.45, 7) is 5.27. The van der Waals surface area contributed by atoms with Gasteiger partial charge in [0.2, 0.25) is 0 Å². The lowest BCUT2D eigenvalue weighted by Crippen LogP contribution is -2.24. The van der Waals surface area contributed by atoms with Crippen LogP contribution in [0.4, 0.5) is 0 Å². The molecule has 1 saturated carbocycles. The highest BCUT2D eigenvalue weighted by molar-refractivity contribution is 14.2. The molecule has 0 bridgehead atoms. The van der Waals surface area contributed by atoms with Crippen molar-refractivity contribution in [3.63, 3.8) is 0 Å². The van der Waals surface area contributed by atoms with Crippen LogP contribution in [0.2, 0.25) is 0 Å². The second-order valence-corrected chi connectivity index (χ2v) is 8.32. The summed E-state index contributed by atoms with van der Waals surface area (Å²) in [5.41, 5.74) is 4.40. The van der Waals surface area contributed by atoms with Crippen molar-refractivity contribution in [2.24, 2.45) is 0 Å². The van der Waals surface area contributed by atoms with E-state index in [4.69, 9.17) is 4.98 Å². The summed E-state index contributed by atoms with van der Waals surface area (Å²) in [6, 6.07) is 2.39. The summed E-state index contributed by atoms with van der Waals surface area (Å²) in [7, 11) is 1.49. The lowest BCUT2D eigenvalue weighted by molar-refractivity contribution is 0.0891. The number of carbonyl (C=O) groups excluding carboxylic acids is 1. The first-order chi connectivity index (χ1) is 10.7. The summed E-state index contributed by atoms with van der Waals surface area (Å²) in [4.78, 5) is 20.1. The Kier molecular flexibility index (Phi) is 4.11. The zero-order valence-corrected chi connectivity index (χ0v) is 15.7. The highest BCUT2D eigenvalue weighted by Crippen LogP contribution is 2.45. The number of halogens is 1. The zero-order chi connectivity index (χ0) is 15.3. The third-order valence-corrected chi connectivity index (χ3v) is 6.99. The predicted octanol–water partition coefficient (Wildman–Crippen LogP) is 4.07. The van der Waals surface area contributed by atoms with Gasteiger partial charge in [0.1, 0.15) is 0 Å². The molecule has 3 aliphatic rings. The average Bonchev–Trinajstić information content (AvgIpc) is 3.13. The summed E-state index contributed by atoms with van der Waals surface area (Å²) in [5, 5.41) is 0. The van der Waals surface area contributed by atoms with Crippen LogP contribution in [0.15, 0.2) is 6.07 Å². The topological polar surface area (TPSA) is 36.4 Å². The Bertz CT molecular complexity index is 614. The SMILES string of the molecule is CC(c1cc2c(c(C3CC3)n1)CN(SI)C2=O)N1CCCC1. The number of likely N-dealkylation sites (tertiary alicyclic amines) is 1. The maximum Gasteiger partial charge on any atom is 0.265 e. The third-order valence-electron chi connectivity index (χ3n) is 5.10. The Morgan fingerprint density at radius 1 is 1.36 bits per heavy atom. The number of fused-ring (bicyclic) bond motifs is 1. The number of hydrogen-bond acceptors (Lipinski definition) is 4. The molecule has 1 atom stereocenters. The first kappa shape index (κ1) is 15.2. The molecule has 0 aromatic carbocycles. The first-order valence-electron chi connectivity index (χ1n) is 8.07. The van der Waals surface area contributed by atoms with Gasteiger partial charge in [0.25, 0.3) is 5.91 Å². The molecule has 4 rings (SSSR count). The Labute approximate surface area is 147 Å². The van der Waals surface area contributed by atoms with Crippen molar-refractivity contribution >= 4 is 36.2 Å². The van der Waals surface area contributed by atoms with Crippen LogP contribution in [-0.4, -0.2) is 33.2 Å². The van der Waals surface area contributed by atoms with Crippen LogP contribution in [0, 0.1) is 0 Å². The maximum absolute atomic E-state index is 12.6. The lowest BCUT2D eigenvalue weighted by atomic mass is 10.0. The molecule has 1 amide bonds. The minimum Gasteiger partial charge on any atom is -0.295 e. The molecule has 0 spiro atoms. The summed E-state index contributed by atoms with van der Waals surface area (Å²) >= 11 is 2.19. The first-order valence-corrected chi connectivity index (χ1v) is 11.4. The van der Waals surface area contributed by atoms with Gasteiger partial charge < -0.3 is 0 Å². The van der Waals surface area contributed by atoms with E-state index in [1.54, 1.807) is 0 Å². The van der Waals surface area contributed by atoms with Gasteiger partial charge in [-0.25, -0.2) is 0 Å². The van der Waals surface area contributed by atoms with Crippen molar-refractivity contribution in [2.75, 3.05) is 13.1 Å². The van der Waals surface area contributed by atoms with Gasteiger partial charge in [-0.3, -0.25) is 19.0 Å². The van der Waals surface area contributed by atoms with E-state index in [2.05, 4.69) is 39.1 Å². The monoisotopic (exact) mass is 429 g/mol. The van der Waals surface area contributed by atoms with Crippen molar-refractivity contribution < 1.29 is 4.79 Å². The Morgan fingerprint density at radius 2 is 2.09 bits per heavy atom. The fraction of sp³-hybridized carbons (Fsp3) is 0.625. The molecule has 1 aromatic rings. The largest absolute Gasteiger partial charge is 0.295 e. The summed E-state index contributed by atoms with van der Waals surface area (Å²) < 4.78 is 1.85. The molecule has 1 aliphatic carbocycles. The van der Waals surface area contributed by atoms with Crippen molar-refractivity contribution in [3.05, 3.63) is 28.6 Å². The number of aromatic nitrogens is 1. The summed E-state index contributed by atoms with van der Waals surface area (Å²) in [6.07, 6.45) is 5.02. The molecule has 0 radical (unpaired) electrons. The number of carbonyl (C=O) groups is 1. The highest BCUT2D eigenvalue weighted by Gasteiger charge is 2.37. The summed E-state index contributed by atoms with van der Waals surface area (Å²) in [5.74, 6) is 0.750. The van der Waals surface area contributed by atoms with Crippen LogP contribution < -0.4 is 0 Å². The van der Waals surface area contributed by atoms with Crippen LogP contribution in [-0.2, 0) is 6.54 Å². The highest BCUT2D eigenvalue weighted by atomic mass is 127. The molecule has 1 unspecified atom stereocenters. The minimum atomic E-state index is 0.161. The molecule has 4 nitrogen and oxygen atoms in total. The standard InChI is InChI=1S/C16H20IN3OS/c1-10(19-6-2-3-7-19)14-8-12-13(9-20(22-17)16(12)21)15(18-14)11-4-5-11/h8,10-11H,2-7,9H2,1H3. The molecule has 118 valence electrons. The second kappa shape index (κ2) is 5.94. The molecule has 0 N–H and O–H groups in total. The van der Waals surface area contributed by atoms with Crippen LogP contribution in [0.25, 0.3) is 0 Å². The van der Waals surface area contributed by atoms with Crippen molar-refractivity contribution in [1.29, 1.82) is 0 Å². The van der Waals surface area contributed by atoms with E-state index in [1.165, 1.54) is 46.1 Å². The Balaban J connectivity index is 1.73.